The maximum absolute atomic E-state index is 11.5. The van der Waals surface area contributed by atoms with Crippen LogP contribution in [0.15, 0.2) is 34.2 Å². The van der Waals surface area contributed by atoms with Crippen LogP contribution in [0.5, 0.6) is 0 Å². The standard InChI is InChI=1S/C17H28N4O2S2/c1-4-19-17(21-8-9-24-16(12-21)13(2)3)20-11-14-6-5-7-15(10-14)25(18,22)23/h5-7,10,13,16H,4,8-9,11-12H2,1-3H3,(H,19,20)(H2,18,22,23). The predicted octanol–water partition coefficient (Wildman–Crippen LogP) is 1.87. The Morgan fingerprint density at radius 1 is 1.48 bits per heavy atom. The van der Waals surface area contributed by atoms with Gasteiger partial charge < -0.3 is 10.2 Å². The lowest BCUT2D eigenvalue weighted by Crippen LogP contribution is -2.49. The molecule has 1 aliphatic heterocycles. The molecule has 0 aromatic heterocycles. The summed E-state index contributed by atoms with van der Waals surface area (Å²) in [4.78, 5) is 7.14. The van der Waals surface area contributed by atoms with Crippen LogP contribution in [0.4, 0.5) is 0 Å². The highest BCUT2D eigenvalue weighted by molar-refractivity contribution is 8.00. The van der Waals surface area contributed by atoms with E-state index in [1.54, 1.807) is 12.1 Å². The van der Waals surface area contributed by atoms with Gasteiger partial charge in [0.2, 0.25) is 10.0 Å². The predicted molar refractivity (Wildman–Crippen MR) is 105 cm³/mol. The molecular formula is C17H28N4O2S2. The third kappa shape index (κ3) is 5.90. The van der Waals surface area contributed by atoms with E-state index < -0.39 is 10.0 Å². The highest BCUT2D eigenvalue weighted by atomic mass is 32.2. The maximum Gasteiger partial charge on any atom is 0.238 e. The van der Waals surface area contributed by atoms with E-state index in [2.05, 4.69) is 31.0 Å². The van der Waals surface area contributed by atoms with Crippen molar-refractivity contribution in [2.75, 3.05) is 25.4 Å². The van der Waals surface area contributed by atoms with E-state index in [1.165, 1.54) is 6.07 Å². The second kappa shape index (κ2) is 8.91. The fourth-order valence-electron chi connectivity index (χ4n) is 2.68. The van der Waals surface area contributed by atoms with Crippen LogP contribution in [-0.2, 0) is 16.6 Å². The Bertz CT molecular complexity index is 704. The van der Waals surface area contributed by atoms with E-state index in [9.17, 15) is 8.42 Å². The summed E-state index contributed by atoms with van der Waals surface area (Å²) in [5.41, 5.74) is 0.828. The summed E-state index contributed by atoms with van der Waals surface area (Å²) in [5, 5.41) is 9.15. The number of aliphatic imine (C=N–C) groups is 1. The summed E-state index contributed by atoms with van der Waals surface area (Å²) < 4.78 is 23.0. The molecule has 1 aromatic carbocycles. The summed E-state index contributed by atoms with van der Waals surface area (Å²) in [5.74, 6) is 2.60. The van der Waals surface area contributed by atoms with E-state index in [1.807, 2.05) is 17.8 Å². The Hall–Kier alpha value is -1.25. The minimum atomic E-state index is -3.69. The van der Waals surface area contributed by atoms with E-state index in [4.69, 9.17) is 10.1 Å². The lowest BCUT2D eigenvalue weighted by atomic mass is 10.1. The number of hydrogen-bond acceptors (Lipinski definition) is 4. The number of nitrogens with zero attached hydrogens (tertiary/aromatic N) is 2. The Morgan fingerprint density at radius 3 is 2.88 bits per heavy atom. The molecule has 1 atom stereocenters. The highest BCUT2D eigenvalue weighted by Crippen LogP contribution is 2.25. The third-order valence-electron chi connectivity index (χ3n) is 4.11. The lowest BCUT2D eigenvalue weighted by Gasteiger charge is -2.36. The van der Waals surface area contributed by atoms with E-state index in [0.717, 1.165) is 36.9 Å². The maximum atomic E-state index is 11.5. The van der Waals surface area contributed by atoms with Crippen LogP contribution in [0.3, 0.4) is 0 Å². The number of primary sulfonamides is 1. The molecule has 1 aliphatic rings. The molecule has 1 aromatic rings. The zero-order valence-corrected chi connectivity index (χ0v) is 16.7. The van der Waals surface area contributed by atoms with Gasteiger partial charge in [-0.15, -0.1) is 0 Å². The van der Waals surface area contributed by atoms with Crippen molar-refractivity contribution >= 4 is 27.7 Å². The molecule has 8 heteroatoms. The molecule has 3 N–H and O–H groups in total. The van der Waals surface area contributed by atoms with Crippen LogP contribution < -0.4 is 10.5 Å². The van der Waals surface area contributed by atoms with Crippen molar-refractivity contribution in [1.82, 2.24) is 10.2 Å². The molecule has 140 valence electrons. The second-order valence-electron chi connectivity index (χ2n) is 6.46. The molecule has 1 unspecified atom stereocenters. The Balaban J connectivity index is 2.14. The highest BCUT2D eigenvalue weighted by Gasteiger charge is 2.24. The molecule has 0 amide bonds. The smallest absolute Gasteiger partial charge is 0.238 e. The minimum Gasteiger partial charge on any atom is -0.357 e. The fraction of sp³-hybridized carbons (Fsp3) is 0.588. The number of sulfonamides is 1. The SMILES string of the molecule is CCNC(=NCc1cccc(S(N)(=O)=O)c1)N1CCSC(C(C)C)C1. The zero-order valence-electron chi connectivity index (χ0n) is 15.1. The van der Waals surface area contributed by atoms with Crippen molar-refractivity contribution in [2.24, 2.45) is 16.0 Å². The number of benzene rings is 1. The number of guanidine groups is 1. The summed E-state index contributed by atoms with van der Waals surface area (Å²) in [6, 6.07) is 6.66. The van der Waals surface area contributed by atoms with Gasteiger partial charge in [-0.2, -0.15) is 11.8 Å². The molecule has 0 spiro atoms. The minimum absolute atomic E-state index is 0.124. The van der Waals surface area contributed by atoms with Crippen LogP contribution in [-0.4, -0.2) is 49.9 Å². The van der Waals surface area contributed by atoms with Gasteiger partial charge in [0.1, 0.15) is 0 Å². The van der Waals surface area contributed by atoms with Crippen molar-refractivity contribution in [3.63, 3.8) is 0 Å². The molecule has 1 fully saturated rings. The summed E-state index contributed by atoms with van der Waals surface area (Å²) in [6.45, 7) is 9.72. The Kier molecular flexibility index (Phi) is 7.15. The summed E-state index contributed by atoms with van der Waals surface area (Å²) >= 11 is 2.02. The quantitative estimate of drug-likeness (QED) is 0.598. The second-order valence-corrected chi connectivity index (χ2v) is 9.37. The van der Waals surface area contributed by atoms with Crippen LogP contribution in [0.1, 0.15) is 26.3 Å². The first kappa shape index (κ1) is 20.1. The molecule has 1 saturated heterocycles. The average Bonchev–Trinajstić information content (AvgIpc) is 2.58. The van der Waals surface area contributed by atoms with E-state index >= 15 is 0 Å². The van der Waals surface area contributed by atoms with Gasteiger partial charge in [0, 0.05) is 30.6 Å². The number of hydrogen-bond donors (Lipinski definition) is 2. The van der Waals surface area contributed by atoms with Gasteiger partial charge in [0.05, 0.1) is 11.4 Å². The van der Waals surface area contributed by atoms with Gasteiger partial charge >= 0.3 is 0 Å². The number of thioether (sulfide) groups is 1. The van der Waals surface area contributed by atoms with Crippen molar-refractivity contribution < 1.29 is 8.42 Å². The number of rotatable bonds is 5. The van der Waals surface area contributed by atoms with Gasteiger partial charge in [-0.25, -0.2) is 18.5 Å². The number of nitrogens with one attached hydrogen (secondary N) is 1. The summed E-state index contributed by atoms with van der Waals surface area (Å²) in [7, 11) is -3.69. The first-order chi connectivity index (χ1) is 11.8. The van der Waals surface area contributed by atoms with E-state index in [0.29, 0.717) is 17.7 Å². The average molecular weight is 385 g/mol. The van der Waals surface area contributed by atoms with Crippen LogP contribution >= 0.6 is 11.8 Å². The number of nitrogens with two attached hydrogens (primary N) is 1. The van der Waals surface area contributed by atoms with Gasteiger partial charge in [0.25, 0.3) is 0 Å². The van der Waals surface area contributed by atoms with Crippen molar-refractivity contribution in [1.29, 1.82) is 0 Å². The lowest BCUT2D eigenvalue weighted by molar-refractivity contribution is 0.381. The van der Waals surface area contributed by atoms with E-state index in [-0.39, 0.29) is 4.90 Å². The van der Waals surface area contributed by atoms with Crippen molar-refractivity contribution in [2.45, 2.75) is 37.5 Å². The first-order valence-electron chi connectivity index (χ1n) is 8.58. The molecule has 1 heterocycles. The molecule has 6 nitrogen and oxygen atoms in total. The molecule has 2 rings (SSSR count). The third-order valence-corrected chi connectivity index (χ3v) is 6.56. The fourth-order valence-corrected chi connectivity index (χ4v) is 4.57. The molecule has 25 heavy (non-hydrogen) atoms. The van der Waals surface area contributed by atoms with Crippen LogP contribution in [0, 0.1) is 5.92 Å². The molecule has 0 saturated carbocycles. The van der Waals surface area contributed by atoms with Crippen molar-refractivity contribution in [3.05, 3.63) is 29.8 Å². The molecule has 0 radical (unpaired) electrons. The van der Waals surface area contributed by atoms with Crippen molar-refractivity contribution in [3.8, 4) is 0 Å². The van der Waals surface area contributed by atoms with Gasteiger partial charge in [0.15, 0.2) is 5.96 Å². The molecule has 0 bridgehead atoms. The van der Waals surface area contributed by atoms with Gasteiger partial charge in [-0.1, -0.05) is 26.0 Å². The van der Waals surface area contributed by atoms with Crippen LogP contribution in [0.2, 0.25) is 0 Å². The van der Waals surface area contributed by atoms with Gasteiger partial charge in [-0.05, 0) is 30.5 Å². The molecule has 0 aliphatic carbocycles. The zero-order chi connectivity index (χ0) is 18.4. The normalized spacial score (nSPS) is 19.3. The first-order valence-corrected chi connectivity index (χ1v) is 11.2. The Morgan fingerprint density at radius 2 is 2.24 bits per heavy atom. The monoisotopic (exact) mass is 384 g/mol. The Labute approximate surface area is 155 Å². The topological polar surface area (TPSA) is 87.8 Å². The van der Waals surface area contributed by atoms with Crippen LogP contribution in [0.25, 0.3) is 0 Å². The summed E-state index contributed by atoms with van der Waals surface area (Å²) in [6.07, 6.45) is 0. The largest absolute Gasteiger partial charge is 0.357 e. The molecular weight excluding hydrogens is 356 g/mol. The van der Waals surface area contributed by atoms with Gasteiger partial charge in [-0.3, -0.25) is 0 Å².